The van der Waals surface area contributed by atoms with Gasteiger partial charge in [-0.3, -0.25) is 0 Å². The fraction of sp³-hybridized carbons (Fsp3) is 0.231. The van der Waals surface area contributed by atoms with Crippen molar-refractivity contribution < 1.29 is 13.2 Å². The van der Waals surface area contributed by atoms with E-state index in [0.29, 0.717) is 17.9 Å². The SMILES string of the molecule is COc1ccc(S(=O)(=O)NCc2ccsc2)c(C)c1. The molecule has 2 rings (SSSR count). The maximum atomic E-state index is 12.2. The van der Waals surface area contributed by atoms with Crippen LogP contribution in [0.2, 0.25) is 0 Å². The van der Waals surface area contributed by atoms with Crippen LogP contribution in [-0.4, -0.2) is 15.5 Å². The van der Waals surface area contributed by atoms with Gasteiger partial charge in [0, 0.05) is 6.54 Å². The minimum Gasteiger partial charge on any atom is -0.497 e. The number of aryl methyl sites for hydroxylation is 1. The number of sulfonamides is 1. The summed E-state index contributed by atoms with van der Waals surface area (Å²) < 4.78 is 32.1. The lowest BCUT2D eigenvalue weighted by atomic mass is 10.2. The number of ether oxygens (including phenoxy) is 1. The maximum absolute atomic E-state index is 12.2. The Morgan fingerprint density at radius 1 is 1.32 bits per heavy atom. The van der Waals surface area contributed by atoms with Crippen molar-refractivity contribution >= 4 is 21.4 Å². The second-order valence-corrected chi connectivity index (χ2v) is 6.60. The highest BCUT2D eigenvalue weighted by Crippen LogP contribution is 2.21. The molecular weight excluding hydrogens is 282 g/mol. The first-order valence-electron chi connectivity index (χ1n) is 5.68. The summed E-state index contributed by atoms with van der Waals surface area (Å²) in [5.74, 6) is 0.647. The quantitative estimate of drug-likeness (QED) is 0.922. The van der Waals surface area contributed by atoms with Crippen molar-refractivity contribution in [3.63, 3.8) is 0 Å². The van der Waals surface area contributed by atoms with Gasteiger partial charge in [-0.1, -0.05) is 0 Å². The Morgan fingerprint density at radius 3 is 2.68 bits per heavy atom. The van der Waals surface area contributed by atoms with E-state index in [0.717, 1.165) is 5.56 Å². The van der Waals surface area contributed by atoms with Crippen molar-refractivity contribution in [2.75, 3.05) is 7.11 Å². The smallest absolute Gasteiger partial charge is 0.241 e. The first-order valence-corrected chi connectivity index (χ1v) is 8.11. The van der Waals surface area contributed by atoms with Crippen LogP contribution in [-0.2, 0) is 16.6 Å². The summed E-state index contributed by atoms with van der Waals surface area (Å²) in [7, 11) is -1.94. The summed E-state index contributed by atoms with van der Waals surface area (Å²) in [6.45, 7) is 2.05. The largest absolute Gasteiger partial charge is 0.497 e. The van der Waals surface area contributed by atoms with E-state index < -0.39 is 10.0 Å². The molecule has 0 atom stereocenters. The molecule has 102 valence electrons. The lowest BCUT2D eigenvalue weighted by molar-refractivity contribution is 0.414. The summed E-state index contributed by atoms with van der Waals surface area (Å²) in [5, 5.41) is 3.84. The molecule has 2 aromatic rings. The van der Waals surface area contributed by atoms with Crippen molar-refractivity contribution in [1.29, 1.82) is 0 Å². The van der Waals surface area contributed by atoms with E-state index in [9.17, 15) is 8.42 Å². The Hall–Kier alpha value is -1.37. The van der Waals surface area contributed by atoms with Crippen LogP contribution >= 0.6 is 11.3 Å². The van der Waals surface area contributed by atoms with Crippen LogP contribution in [0.3, 0.4) is 0 Å². The molecule has 1 N–H and O–H groups in total. The topological polar surface area (TPSA) is 55.4 Å². The van der Waals surface area contributed by atoms with Gasteiger partial charge in [-0.15, -0.1) is 0 Å². The minimum absolute atomic E-state index is 0.281. The molecule has 1 heterocycles. The Labute approximate surface area is 117 Å². The number of nitrogens with one attached hydrogen (secondary N) is 1. The molecule has 4 nitrogen and oxygen atoms in total. The van der Waals surface area contributed by atoms with E-state index in [1.165, 1.54) is 0 Å². The number of hydrogen-bond donors (Lipinski definition) is 1. The molecule has 0 saturated heterocycles. The molecule has 0 fully saturated rings. The van der Waals surface area contributed by atoms with Crippen molar-refractivity contribution in [1.82, 2.24) is 4.72 Å². The molecule has 0 aliphatic heterocycles. The molecule has 0 bridgehead atoms. The molecule has 1 aromatic heterocycles. The molecule has 0 radical (unpaired) electrons. The van der Waals surface area contributed by atoms with Gasteiger partial charge < -0.3 is 4.74 Å². The summed E-state index contributed by atoms with van der Waals surface area (Å²) in [5.41, 5.74) is 1.62. The second-order valence-electron chi connectivity index (χ2n) is 4.09. The van der Waals surface area contributed by atoms with Gasteiger partial charge in [-0.25, -0.2) is 13.1 Å². The summed E-state index contributed by atoms with van der Waals surface area (Å²) >= 11 is 1.54. The van der Waals surface area contributed by atoms with Gasteiger partial charge in [0.15, 0.2) is 0 Å². The Kier molecular flexibility index (Phi) is 4.24. The van der Waals surface area contributed by atoms with Gasteiger partial charge in [-0.05, 0) is 53.1 Å². The number of benzene rings is 1. The van der Waals surface area contributed by atoms with Gasteiger partial charge >= 0.3 is 0 Å². The number of methoxy groups -OCH3 is 1. The Bertz CT molecular complexity index is 649. The zero-order valence-electron chi connectivity index (χ0n) is 10.7. The summed E-state index contributed by atoms with van der Waals surface area (Å²) in [6.07, 6.45) is 0. The van der Waals surface area contributed by atoms with Crippen molar-refractivity contribution in [3.8, 4) is 5.75 Å². The highest BCUT2D eigenvalue weighted by atomic mass is 32.2. The van der Waals surface area contributed by atoms with Crippen LogP contribution in [0.4, 0.5) is 0 Å². The lowest BCUT2D eigenvalue weighted by Crippen LogP contribution is -2.23. The van der Waals surface area contributed by atoms with E-state index in [1.54, 1.807) is 43.6 Å². The average Bonchev–Trinajstić information content (AvgIpc) is 2.89. The second kappa shape index (κ2) is 5.73. The fourth-order valence-electron chi connectivity index (χ4n) is 1.70. The van der Waals surface area contributed by atoms with Gasteiger partial charge in [0.1, 0.15) is 5.75 Å². The third-order valence-corrected chi connectivity index (χ3v) is 5.01. The highest BCUT2D eigenvalue weighted by molar-refractivity contribution is 7.89. The van der Waals surface area contributed by atoms with E-state index in [-0.39, 0.29) is 4.90 Å². The molecule has 0 aliphatic rings. The monoisotopic (exact) mass is 297 g/mol. The molecule has 0 aliphatic carbocycles. The first kappa shape index (κ1) is 14.0. The third kappa shape index (κ3) is 3.34. The van der Waals surface area contributed by atoms with Gasteiger partial charge in [0.2, 0.25) is 10.0 Å². The zero-order chi connectivity index (χ0) is 13.9. The van der Waals surface area contributed by atoms with Crippen LogP contribution in [0.15, 0.2) is 39.9 Å². The number of thiophene rings is 1. The molecule has 0 saturated carbocycles. The van der Waals surface area contributed by atoms with Crippen LogP contribution in [0.25, 0.3) is 0 Å². The van der Waals surface area contributed by atoms with E-state index in [1.807, 2.05) is 16.8 Å². The standard InChI is InChI=1S/C13H15NO3S2/c1-10-7-12(17-2)3-4-13(10)19(15,16)14-8-11-5-6-18-9-11/h3-7,9,14H,8H2,1-2H3. The number of rotatable bonds is 5. The van der Waals surface area contributed by atoms with Crippen LogP contribution in [0, 0.1) is 6.92 Å². The van der Waals surface area contributed by atoms with Crippen LogP contribution < -0.4 is 9.46 Å². The zero-order valence-corrected chi connectivity index (χ0v) is 12.3. The molecule has 0 spiro atoms. The van der Waals surface area contributed by atoms with Gasteiger partial charge in [0.05, 0.1) is 12.0 Å². The molecule has 0 amide bonds. The molecule has 19 heavy (non-hydrogen) atoms. The number of hydrogen-bond acceptors (Lipinski definition) is 4. The minimum atomic E-state index is -3.49. The summed E-state index contributed by atoms with van der Waals surface area (Å²) in [6, 6.07) is 6.81. The highest BCUT2D eigenvalue weighted by Gasteiger charge is 2.16. The predicted octanol–water partition coefficient (Wildman–Crippen LogP) is 2.54. The average molecular weight is 297 g/mol. The predicted molar refractivity (Wildman–Crippen MR) is 76.1 cm³/mol. The van der Waals surface area contributed by atoms with E-state index >= 15 is 0 Å². The van der Waals surface area contributed by atoms with Gasteiger partial charge in [-0.2, -0.15) is 11.3 Å². The molecule has 0 unspecified atom stereocenters. The van der Waals surface area contributed by atoms with E-state index in [4.69, 9.17) is 4.74 Å². The molecule has 6 heteroatoms. The Balaban J connectivity index is 2.19. The van der Waals surface area contributed by atoms with Crippen LogP contribution in [0.5, 0.6) is 5.75 Å². The fourth-order valence-corrected chi connectivity index (χ4v) is 3.61. The normalized spacial score (nSPS) is 11.5. The van der Waals surface area contributed by atoms with Crippen LogP contribution in [0.1, 0.15) is 11.1 Å². The first-order chi connectivity index (χ1) is 9.03. The van der Waals surface area contributed by atoms with Crippen molar-refractivity contribution in [2.45, 2.75) is 18.4 Å². The molecular formula is C13H15NO3S2. The maximum Gasteiger partial charge on any atom is 0.241 e. The summed E-state index contributed by atoms with van der Waals surface area (Å²) in [4.78, 5) is 0.281. The molecule has 1 aromatic carbocycles. The Morgan fingerprint density at radius 2 is 2.11 bits per heavy atom. The van der Waals surface area contributed by atoms with Gasteiger partial charge in [0.25, 0.3) is 0 Å². The van der Waals surface area contributed by atoms with Crippen molar-refractivity contribution in [2.24, 2.45) is 0 Å². The van der Waals surface area contributed by atoms with Crippen molar-refractivity contribution in [3.05, 3.63) is 46.2 Å². The van der Waals surface area contributed by atoms with E-state index in [2.05, 4.69) is 4.72 Å². The lowest BCUT2D eigenvalue weighted by Gasteiger charge is -2.10. The third-order valence-electron chi connectivity index (χ3n) is 2.72.